The largest absolute Gasteiger partial charge is 0.468 e. The zero-order valence-corrected chi connectivity index (χ0v) is 22.7. The third-order valence-corrected chi connectivity index (χ3v) is 7.61. The van der Waals surface area contributed by atoms with Gasteiger partial charge in [-0.05, 0) is 25.9 Å². The van der Waals surface area contributed by atoms with Crippen molar-refractivity contribution in [2.75, 3.05) is 91.4 Å². The molecule has 36 heavy (non-hydrogen) atoms. The van der Waals surface area contributed by atoms with Crippen LogP contribution in [-0.4, -0.2) is 125 Å². The zero-order valence-electron chi connectivity index (χ0n) is 22.7. The fraction of sp³-hybridized carbons (Fsp3) is 0.800. The lowest BCUT2D eigenvalue weighted by Crippen LogP contribution is -2.50. The maximum Gasteiger partial charge on any atom is 0.320 e. The predicted octanol–water partition coefficient (Wildman–Crippen LogP) is 1.76. The Morgan fingerprint density at radius 1 is 0.861 bits per heavy atom. The number of rotatable bonds is 12. The van der Waals surface area contributed by atoms with Gasteiger partial charge < -0.3 is 29.9 Å². The van der Waals surface area contributed by atoms with Crippen LogP contribution in [0.1, 0.15) is 46.2 Å². The second kappa shape index (κ2) is 12.8. The molecule has 2 saturated heterocycles. The summed E-state index contributed by atoms with van der Waals surface area (Å²) in [5.74, 6) is 0.328. The highest BCUT2D eigenvalue weighted by molar-refractivity contribution is 5.83. The fourth-order valence-electron chi connectivity index (χ4n) is 5.22. The van der Waals surface area contributed by atoms with E-state index in [1.165, 1.54) is 0 Å². The third-order valence-electron chi connectivity index (χ3n) is 7.61. The van der Waals surface area contributed by atoms with Crippen molar-refractivity contribution in [1.82, 2.24) is 39.1 Å². The summed E-state index contributed by atoms with van der Waals surface area (Å²) in [5, 5.41) is 0. The second-order valence-electron chi connectivity index (χ2n) is 9.75. The van der Waals surface area contributed by atoms with E-state index in [9.17, 15) is 0 Å². The van der Waals surface area contributed by atoms with E-state index < -0.39 is 0 Å². The van der Waals surface area contributed by atoms with Crippen LogP contribution in [-0.2, 0) is 0 Å². The van der Waals surface area contributed by atoms with Crippen LogP contribution in [0.4, 0.5) is 5.82 Å². The Kier molecular flexibility index (Phi) is 9.58. The Morgan fingerprint density at radius 3 is 2.11 bits per heavy atom. The van der Waals surface area contributed by atoms with E-state index in [0.717, 1.165) is 91.3 Å². The van der Waals surface area contributed by atoms with E-state index in [-0.39, 0.29) is 6.17 Å². The number of fused-ring (bicyclic) bond motifs is 1. The molecule has 0 aliphatic carbocycles. The number of piperazine rings is 2. The molecule has 0 saturated carbocycles. The van der Waals surface area contributed by atoms with Crippen LogP contribution < -0.4 is 15.2 Å². The van der Waals surface area contributed by atoms with Crippen molar-refractivity contribution in [2.24, 2.45) is 0 Å². The number of methoxy groups -OCH3 is 1. The highest BCUT2D eigenvalue weighted by Crippen LogP contribution is 2.32. The number of ether oxygens (including phenoxy) is 2. The van der Waals surface area contributed by atoms with Crippen molar-refractivity contribution in [3.63, 3.8) is 0 Å². The quantitative estimate of drug-likeness (QED) is 0.431. The minimum absolute atomic E-state index is 0.0611. The summed E-state index contributed by atoms with van der Waals surface area (Å²) in [6.45, 7) is 19.0. The first-order chi connectivity index (χ1) is 17.6. The van der Waals surface area contributed by atoms with Gasteiger partial charge in [-0.2, -0.15) is 15.0 Å². The SMILES string of the molecule is CCCCOc1nc(N)c2nc(OC)n(C(CCN3CCN(CC)CC3)N3CCN(CC)CC3)c2n1. The molecule has 0 spiro atoms. The molecule has 0 radical (unpaired) electrons. The van der Waals surface area contributed by atoms with Gasteiger partial charge in [-0.3, -0.25) is 9.47 Å². The number of hydrogen-bond acceptors (Lipinski definition) is 10. The molecule has 0 aromatic carbocycles. The number of nitrogens with two attached hydrogens (primary N) is 1. The molecule has 2 aromatic rings. The van der Waals surface area contributed by atoms with Crippen molar-refractivity contribution in [3.05, 3.63) is 0 Å². The molecule has 4 rings (SSSR count). The molecule has 4 heterocycles. The molecule has 202 valence electrons. The summed E-state index contributed by atoms with van der Waals surface area (Å²) in [6, 6.07) is 0.831. The molecule has 1 unspecified atom stereocenters. The normalized spacial score (nSPS) is 19.7. The molecule has 0 amide bonds. The number of nitrogen functional groups attached to an aromatic ring is 1. The van der Waals surface area contributed by atoms with Crippen LogP contribution in [0.5, 0.6) is 12.0 Å². The van der Waals surface area contributed by atoms with Gasteiger partial charge in [0.2, 0.25) is 0 Å². The molecule has 2 aliphatic rings. The van der Waals surface area contributed by atoms with Gasteiger partial charge in [-0.1, -0.05) is 27.2 Å². The van der Waals surface area contributed by atoms with E-state index in [1.807, 2.05) is 0 Å². The van der Waals surface area contributed by atoms with Crippen LogP contribution in [0.15, 0.2) is 0 Å². The summed E-state index contributed by atoms with van der Waals surface area (Å²) in [7, 11) is 1.66. The van der Waals surface area contributed by atoms with Gasteiger partial charge in [0.15, 0.2) is 17.0 Å². The standard InChI is InChI=1S/C25H45N9O2/c1-5-8-19-36-24-28-22(26)21-23(29-24)34(25(27-21)35-4)20(33-17-15-31(7-3)16-18-33)9-10-32-13-11-30(6-2)12-14-32/h20H,5-19H2,1-4H3,(H2,26,28,29). The van der Waals surface area contributed by atoms with Crippen molar-refractivity contribution in [1.29, 1.82) is 0 Å². The molecule has 2 aliphatic heterocycles. The maximum absolute atomic E-state index is 6.33. The monoisotopic (exact) mass is 503 g/mol. The summed E-state index contributed by atoms with van der Waals surface area (Å²) in [5.41, 5.74) is 7.59. The summed E-state index contributed by atoms with van der Waals surface area (Å²) in [4.78, 5) is 24.0. The van der Waals surface area contributed by atoms with Gasteiger partial charge in [0.1, 0.15) is 0 Å². The molecule has 2 aromatic heterocycles. The first-order valence-electron chi connectivity index (χ1n) is 13.7. The molecule has 11 heteroatoms. The minimum atomic E-state index is 0.0611. The number of anilines is 1. The van der Waals surface area contributed by atoms with Crippen molar-refractivity contribution >= 4 is 17.0 Å². The first-order valence-corrected chi connectivity index (χ1v) is 13.7. The molecule has 0 bridgehead atoms. The number of nitrogens with zero attached hydrogens (tertiary/aromatic N) is 8. The fourth-order valence-corrected chi connectivity index (χ4v) is 5.22. The number of aromatic nitrogens is 4. The minimum Gasteiger partial charge on any atom is -0.468 e. The van der Waals surface area contributed by atoms with Gasteiger partial charge >= 0.3 is 6.01 Å². The summed E-state index contributed by atoms with van der Waals surface area (Å²) < 4.78 is 13.8. The summed E-state index contributed by atoms with van der Waals surface area (Å²) >= 11 is 0. The van der Waals surface area contributed by atoms with Gasteiger partial charge in [-0.25, -0.2) is 0 Å². The van der Waals surface area contributed by atoms with Gasteiger partial charge in [0.25, 0.3) is 6.01 Å². The van der Waals surface area contributed by atoms with E-state index in [0.29, 0.717) is 35.6 Å². The Bertz CT molecular complexity index is 953. The van der Waals surface area contributed by atoms with Crippen molar-refractivity contribution in [2.45, 2.75) is 46.2 Å². The summed E-state index contributed by atoms with van der Waals surface area (Å²) in [6.07, 6.45) is 3.00. The average molecular weight is 504 g/mol. The number of hydrogen-bond donors (Lipinski definition) is 1. The lowest BCUT2D eigenvalue weighted by atomic mass is 10.2. The van der Waals surface area contributed by atoms with Crippen LogP contribution in [0.2, 0.25) is 0 Å². The van der Waals surface area contributed by atoms with E-state index in [2.05, 4.69) is 49.9 Å². The third kappa shape index (κ3) is 6.19. The molecule has 2 N–H and O–H groups in total. The highest BCUT2D eigenvalue weighted by atomic mass is 16.5. The predicted molar refractivity (Wildman–Crippen MR) is 143 cm³/mol. The Hall–Kier alpha value is -2.21. The van der Waals surface area contributed by atoms with E-state index >= 15 is 0 Å². The molecular formula is C25H45N9O2. The average Bonchev–Trinajstić information content (AvgIpc) is 3.29. The van der Waals surface area contributed by atoms with Gasteiger partial charge in [0, 0.05) is 58.9 Å². The van der Waals surface area contributed by atoms with Gasteiger partial charge in [-0.15, -0.1) is 0 Å². The Labute approximate surface area is 215 Å². The van der Waals surface area contributed by atoms with E-state index in [1.54, 1.807) is 7.11 Å². The molecule has 2 fully saturated rings. The molecular weight excluding hydrogens is 458 g/mol. The second-order valence-corrected chi connectivity index (χ2v) is 9.75. The van der Waals surface area contributed by atoms with Crippen LogP contribution >= 0.6 is 0 Å². The smallest absolute Gasteiger partial charge is 0.320 e. The first kappa shape index (κ1) is 26.8. The Morgan fingerprint density at radius 2 is 1.50 bits per heavy atom. The van der Waals surface area contributed by atoms with Crippen molar-refractivity contribution < 1.29 is 9.47 Å². The molecule has 1 atom stereocenters. The number of likely N-dealkylation sites (N-methyl/N-ethyl adjacent to an activating group) is 2. The van der Waals surface area contributed by atoms with E-state index in [4.69, 9.17) is 25.2 Å². The zero-order chi connectivity index (χ0) is 25.5. The van der Waals surface area contributed by atoms with Crippen molar-refractivity contribution in [3.8, 4) is 12.0 Å². The van der Waals surface area contributed by atoms with Crippen LogP contribution in [0, 0.1) is 0 Å². The van der Waals surface area contributed by atoms with Crippen LogP contribution in [0.25, 0.3) is 11.2 Å². The molecule has 11 nitrogen and oxygen atoms in total. The van der Waals surface area contributed by atoms with Crippen LogP contribution in [0.3, 0.4) is 0 Å². The number of unbranched alkanes of at least 4 members (excludes halogenated alkanes) is 1. The number of imidazole rings is 1. The van der Waals surface area contributed by atoms with Gasteiger partial charge in [0.05, 0.1) is 19.9 Å². The lowest BCUT2D eigenvalue weighted by Gasteiger charge is -2.41. The Balaban J connectivity index is 1.63. The topological polar surface area (TPSA) is 101 Å². The maximum atomic E-state index is 6.33. The highest BCUT2D eigenvalue weighted by Gasteiger charge is 2.31. The lowest BCUT2D eigenvalue weighted by molar-refractivity contribution is 0.0480.